The molecule has 0 amide bonds. The molecule has 0 fully saturated rings. The molecule has 1 unspecified atom stereocenters. The quantitative estimate of drug-likeness (QED) is 0.795. The standard InChI is InChI=1S/C15H13ClINO/c16-12-8-10(4-5-13(12)17)14(18)11-3-1-2-9-6-7-19-15(9)11/h1-5,8,14H,6-7,18H2. The van der Waals surface area contributed by atoms with Gasteiger partial charge in [0.15, 0.2) is 0 Å². The van der Waals surface area contributed by atoms with Gasteiger partial charge in [-0.05, 0) is 45.9 Å². The van der Waals surface area contributed by atoms with Crippen LogP contribution in [-0.4, -0.2) is 6.61 Å². The van der Waals surface area contributed by atoms with Gasteiger partial charge in [0.25, 0.3) is 0 Å². The van der Waals surface area contributed by atoms with E-state index in [-0.39, 0.29) is 6.04 Å². The molecule has 0 spiro atoms. The number of halogens is 2. The molecule has 1 heterocycles. The van der Waals surface area contributed by atoms with E-state index in [1.165, 1.54) is 5.56 Å². The van der Waals surface area contributed by atoms with Crippen LogP contribution in [0.2, 0.25) is 5.02 Å². The largest absolute Gasteiger partial charge is 0.493 e. The van der Waals surface area contributed by atoms with Gasteiger partial charge >= 0.3 is 0 Å². The Balaban J connectivity index is 2.02. The number of fused-ring (bicyclic) bond motifs is 1. The summed E-state index contributed by atoms with van der Waals surface area (Å²) < 4.78 is 6.74. The van der Waals surface area contributed by atoms with Crippen LogP contribution >= 0.6 is 34.2 Å². The smallest absolute Gasteiger partial charge is 0.127 e. The topological polar surface area (TPSA) is 35.2 Å². The monoisotopic (exact) mass is 385 g/mol. The van der Waals surface area contributed by atoms with E-state index < -0.39 is 0 Å². The summed E-state index contributed by atoms with van der Waals surface area (Å²) in [5.74, 6) is 0.949. The second-order valence-electron chi connectivity index (χ2n) is 4.59. The lowest BCUT2D eigenvalue weighted by atomic mass is 9.97. The fourth-order valence-corrected chi connectivity index (χ4v) is 2.90. The third kappa shape index (κ3) is 2.47. The summed E-state index contributed by atoms with van der Waals surface area (Å²) in [4.78, 5) is 0. The van der Waals surface area contributed by atoms with Crippen LogP contribution in [0.1, 0.15) is 22.7 Å². The molecular weight excluding hydrogens is 373 g/mol. The highest BCUT2D eigenvalue weighted by Crippen LogP contribution is 2.35. The Labute approximate surface area is 131 Å². The van der Waals surface area contributed by atoms with Crippen LogP contribution < -0.4 is 10.5 Å². The molecule has 1 atom stereocenters. The Morgan fingerprint density at radius 1 is 1.26 bits per heavy atom. The zero-order valence-corrected chi connectivity index (χ0v) is 13.1. The molecule has 2 nitrogen and oxygen atoms in total. The SMILES string of the molecule is NC(c1ccc(I)c(Cl)c1)c1cccc2c1OCC2. The number of ether oxygens (including phenoxy) is 1. The van der Waals surface area contributed by atoms with Crippen molar-refractivity contribution >= 4 is 34.2 Å². The average Bonchev–Trinajstić information content (AvgIpc) is 2.89. The summed E-state index contributed by atoms with van der Waals surface area (Å²) in [5, 5.41) is 0.738. The first-order chi connectivity index (χ1) is 9.16. The molecule has 2 aromatic carbocycles. The summed E-state index contributed by atoms with van der Waals surface area (Å²) >= 11 is 8.38. The minimum Gasteiger partial charge on any atom is -0.493 e. The maximum atomic E-state index is 6.37. The van der Waals surface area contributed by atoms with Gasteiger partial charge in [-0.25, -0.2) is 0 Å². The van der Waals surface area contributed by atoms with E-state index in [1.807, 2.05) is 30.3 Å². The van der Waals surface area contributed by atoms with Gasteiger partial charge in [0.2, 0.25) is 0 Å². The van der Waals surface area contributed by atoms with E-state index in [0.717, 1.165) is 38.5 Å². The van der Waals surface area contributed by atoms with E-state index in [9.17, 15) is 0 Å². The van der Waals surface area contributed by atoms with Crippen molar-refractivity contribution in [2.45, 2.75) is 12.5 Å². The van der Waals surface area contributed by atoms with Gasteiger partial charge < -0.3 is 10.5 Å². The number of hydrogen-bond acceptors (Lipinski definition) is 2. The van der Waals surface area contributed by atoms with E-state index >= 15 is 0 Å². The lowest BCUT2D eigenvalue weighted by molar-refractivity contribution is 0.352. The molecule has 2 N–H and O–H groups in total. The highest BCUT2D eigenvalue weighted by atomic mass is 127. The zero-order valence-electron chi connectivity index (χ0n) is 10.2. The Morgan fingerprint density at radius 2 is 2.11 bits per heavy atom. The molecule has 3 rings (SSSR count). The van der Waals surface area contributed by atoms with Crippen LogP contribution in [0.4, 0.5) is 0 Å². The van der Waals surface area contributed by atoms with E-state index in [0.29, 0.717) is 0 Å². The fraction of sp³-hybridized carbons (Fsp3) is 0.200. The van der Waals surface area contributed by atoms with Crippen molar-refractivity contribution in [2.75, 3.05) is 6.61 Å². The molecule has 98 valence electrons. The van der Waals surface area contributed by atoms with E-state index in [2.05, 4.69) is 28.7 Å². The van der Waals surface area contributed by atoms with Crippen LogP contribution in [0, 0.1) is 3.57 Å². The van der Waals surface area contributed by atoms with Gasteiger partial charge in [-0.1, -0.05) is 35.9 Å². The molecule has 0 saturated heterocycles. The molecule has 4 heteroatoms. The number of benzene rings is 2. The van der Waals surface area contributed by atoms with Gasteiger partial charge in [-0.3, -0.25) is 0 Å². The molecule has 0 bridgehead atoms. The highest BCUT2D eigenvalue weighted by Gasteiger charge is 2.21. The predicted octanol–water partition coefficient (Wildman–Crippen LogP) is 3.93. The summed E-state index contributed by atoms with van der Waals surface area (Å²) in [6, 6.07) is 11.9. The zero-order chi connectivity index (χ0) is 13.4. The molecule has 19 heavy (non-hydrogen) atoms. The number of rotatable bonds is 2. The van der Waals surface area contributed by atoms with Gasteiger partial charge in [-0.15, -0.1) is 0 Å². The van der Waals surface area contributed by atoms with Crippen molar-refractivity contribution in [1.82, 2.24) is 0 Å². The van der Waals surface area contributed by atoms with E-state index in [1.54, 1.807) is 0 Å². The second-order valence-corrected chi connectivity index (χ2v) is 6.15. The molecule has 0 saturated carbocycles. The minimum atomic E-state index is -0.206. The Bertz CT molecular complexity index is 630. The second kappa shape index (κ2) is 5.31. The first kappa shape index (κ1) is 13.2. The predicted molar refractivity (Wildman–Crippen MR) is 85.8 cm³/mol. The first-order valence-electron chi connectivity index (χ1n) is 6.12. The van der Waals surface area contributed by atoms with Gasteiger partial charge in [0, 0.05) is 15.6 Å². The molecule has 1 aliphatic rings. The normalized spacial score (nSPS) is 14.9. The molecular formula is C15H13ClINO. The number of hydrogen-bond donors (Lipinski definition) is 1. The van der Waals surface area contributed by atoms with Crippen LogP contribution in [0.3, 0.4) is 0 Å². The van der Waals surface area contributed by atoms with Gasteiger partial charge in [-0.2, -0.15) is 0 Å². The molecule has 0 radical (unpaired) electrons. The first-order valence-corrected chi connectivity index (χ1v) is 7.57. The average molecular weight is 386 g/mol. The van der Waals surface area contributed by atoms with Crippen molar-refractivity contribution in [2.24, 2.45) is 5.73 Å². The summed E-state index contributed by atoms with van der Waals surface area (Å²) in [6.45, 7) is 0.743. The van der Waals surface area contributed by atoms with Gasteiger partial charge in [0.1, 0.15) is 5.75 Å². The maximum Gasteiger partial charge on any atom is 0.127 e. The van der Waals surface area contributed by atoms with Crippen LogP contribution in [0.25, 0.3) is 0 Å². The molecule has 0 aromatic heterocycles. The molecule has 2 aromatic rings. The van der Waals surface area contributed by atoms with Crippen LogP contribution in [0.5, 0.6) is 5.75 Å². The van der Waals surface area contributed by atoms with Crippen molar-refractivity contribution in [3.63, 3.8) is 0 Å². The number of para-hydroxylation sites is 1. The fourth-order valence-electron chi connectivity index (χ4n) is 2.37. The van der Waals surface area contributed by atoms with Crippen LogP contribution in [0.15, 0.2) is 36.4 Å². The number of nitrogens with two attached hydrogens (primary N) is 1. The third-order valence-electron chi connectivity index (χ3n) is 3.38. The summed E-state index contributed by atoms with van der Waals surface area (Å²) in [5.41, 5.74) is 9.65. The Morgan fingerprint density at radius 3 is 2.89 bits per heavy atom. The third-order valence-corrected chi connectivity index (χ3v) is 4.95. The lowest BCUT2D eigenvalue weighted by Gasteiger charge is -2.16. The van der Waals surface area contributed by atoms with Crippen molar-refractivity contribution in [1.29, 1.82) is 0 Å². The minimum absolute atomic E-state index is 0.206. The molecule has 1 aliphatic heterocycles. The summed E-state index contributed by atoms with van der Waals surface area (Å²) in [6.07, 6.45) is 0.962. The van der Waals surface area contributed by atoms with E-state index in [4.69, 9.17) is 22.1 Å². The Kier molecular flexibility index (Phi) is 3.69. The van der Waals surface area contributed by atoms with Gasteiger partial charge in [0.05, 0.1) is 17.7 Å². The highest BCUT2D eigenvalue weighted by molar-refractivity contribution is 14.1. The molecule has 0 aliphatic carbocycles. The maximum absolute atomic E-state index is 6.37. The van der Waals surface area contributed by atoms with Crippen molar-refractivity contribution < 1.29 is 4.74 Å². The van der Waals surface area contributed by atoms with Crippen LogP contribution in [-0.2, 0) is 6.42 Å². The van der Waals surface area contributed by atoms with Crippen molar-refractivity contribution in [3.05, 3.63) is 61.7 Å². The Hall–Kier alpha value is -0.780. The van der Waals surface area contributed by atoms with Crippen molar-refractivity contribution in [3.8, 4) is 5.75 Å². The summed E-state index contributed by atoms with van der Waals surface area (Å²) in [7, 11) is 0. The lowest BCUT2D eigenvalue weighted by Crippen LogP contribution is -2.13.